The van der Waals surface area contributed by atoms with Gasteiger partial charge in [-0.05, 0) is 54.9 Å². The van der Waals surface area contributed by atoms with Crippen molar-refractivity contribution in [2.24, 2.45) is 17.1 Å². The molecule has 0 bridgehead atoms. The molecule has 3 nitrogen and oxygen atoms in total. The second-order valence-corrected chi connectivity index (χ2v) is 7.63. The Labute approximate surface area is 139 Å². The molecule has 2 aliphatic heterocycles. The van der Waals surface area contributed by atoms with Crippen LogP contribution in [-0.2, 0) is 23.9 Å². The minimum Gasteiger partial charge on any atom is -0.334 e. The molecule has 1 aliphatic carbocycles. The van der Waals surface area contributed by atoms with Crippen LogP contribution in [0, 0.1) is 11.3 Å². The molecule has 3 aliphatic rings. The lowest BCUT2D eigenvalue weighted by Crippen LogP contribution is -2.40. The van der Waals surface area contributed by atoms with Gasteiger partial charge in [0.15, 0.2) is 0 Å². The summed E-state index contributed by atoms with van der Waals surface area (Å²) in [5, 5.41) is 0. The molecule has 1 aromatic carbocycles. The lowest BCUT2D eigenvalue weighted by molar-refractivity contribution is -0.137. The first kappa shape index (κ1) is 15.9. The molecule has 1 saturated carbocycles. The third-order valence-corrected chi connectivity index (χ3v) is 6.43. The maximum Gasteiger partial charge on any atom is 0.416 e. The number of hydrogen-bond donors (Lipinski definition) is 1. The summed E-state index contributed by atoms with van der Waals surface area (Å²) in [6.07, 6.45) is -1.37. The van der Waals surface area contributed by atoms with Crippen LogP contribution in [0.2, 0.25) is 0 Å². The molecule has 2 heterocycles. The van der Waals surface area contributed by atoms with Crippen molar-refractivity contribution in [3.8, 4) is 0 Å². The normalized spacial score (nSPS) is 35.5. The lowest BCUT2D eigenvalue weighted by atomic mass is 9.73. The van der Waals surface area contributed by atoms with Gasteiger partial charge in [0.1, 0.15) is 0 Å². The number of nitrogens with zero attached hydrogens (tertiary/aromatic N) is 1. The highest BCUT2D eigenvalue weighted by molar-refractivity contribution is 5.87. The number of halogens is 3. The largest absolute Gasteiger partial charge is 0.416 e. The summed E-state index contributed by atoms with van der Waals surface area (Å²) in [5.74, 6) is 0.282. The van der Waals surface area contributed by atoms with E-state index >= 15 is 0 Å². The van der Waals surface area contributed by atoms with Crippen LogP contribution in [0.3, 0.4) is 0 Å². The molecule has 1 aromatic rings. The first-order valence-corrected chi connectivity index (χ1v) is 8.48. The molecule has 6 heteroatoms. The average molecular weight is 338 g/mol. The molecule has 0 radical (unpaired) electrons. The number of amides is 1. The molecular weight excluding hydrogens is 317 g/mol. The minimum absolute atomic E-state index is 0.0527. The smallest absolute Gasteiger partial charge is 0.334 e. The maximum absolute atomic E-state index is 13.1. The Morgan fingerprint density at radius 2 is 2.04 bits per heavy atom. The summed E-state index contributed by atoms with van der Waals surface area (Å²) < 4.78 is 38.9. The monoisotopic (exact) mass is 338 g/mol. The highest BCUT2D eigenvalue weighted by atomic mass is 19.4. The number of alkyl halides is 3. The summed E-state index contributed by atoms with van der Waals surface area (Å²) in [5.41, 5.74) is 6.57. The lowest BCUT2D eigenvalue weighted by Gasteiger charge is -2.33. The molecule has 2 N–H and O–H groups in total. The van der Waals surface area contributed by atoms with Crippen molar-refractivity contribution in [2.75, 3.05) is 0 Å². The van der Waals surface area contributed by atoms with Gasteiger partial charge in [0.2, 0.25) is 5.91 Å². The molecule has 1 saturated heterocycles. The van der Waals surface area contributed by atoms with Gasteiger partial charge >= 0.3 is 6.18 Å². The van der Waals surface area contributed by atoms with E-state index in [1.807, 2.05) is 4.90 Å². The third kappa shape index (κ3) is 2.11. The molecule has 4 atom stereocenters. The summed E-state index contributed by atoms with van der Waals surface area (Å²) >= 11 is 0. The molecular formula is C18H21F3N2O. The van der Waals surface area contributed by atoms with E-state index in [9.17, 15) is 18.0 Å². The van der Waals surface area contributed by atoms with Gasteiger partial charge in [0.25, 0.3) is 0 Å². The Kier molecular flexibility index (Phi) is 3.30. The van der Waals surface area contributed by atoms with Crippen LogP contribution >= 0.6 is 0 Å². The van der Waals surface area contributed by atoms with Crippen molar-refractivity contribution in [1.82, 2.24) is 4.90 Å². The molecule has 4 rings (SSSR count). The van der Waals surface area contributed by atoms with Crippen LogP contribution in [0.4, 0.5) is 13.2 Å². The fourth-order valence-electron chi connectivity index (χ4n) is 5.03. The average Bonchev–Trinajstić information content (AvgIpc) is 3.01. The van der Waals surface area contributed by atoms with Crippen molar-refractivity contribution in [2.45, 2.75) is 57.4 Å². The van der Waals surface area contributed by atoms with Gasteiger partial charge in [-0.1, -0.05) is 13.0 Å². The highest BCUT2D eigenvalue weighted by Crippen LogP contribution is 2.54. The zero-order chi connectivity index (χ0) is 17.3. The van der Waals surface area contributed by atoms with Crippen LogP contribution < -0.4 is 5.73 Å². The molecule has 1 amide bonds. The van der Waals surface area contributed by atoms with Gasteiger partial charge in [0, 0.05) is 18.6 Å². The standard InChI is InChI=1S/C18H21F3N2O/c1-10-15-7-11-2-3-13(18(19,20)21)6-12(11)9-23(15)16(24)17(10)5-4-14(22)8-17/h2-3,6,10,14-15H,4-5,7-9,22H2,1H3/t10?,14?,15?,17-/m0/s1. The van der Waals surface area contributed by atoms with Gasteiger partial charge in [-0.3, -0.25) is 4.79 Å². The number of carbonyl (C=O) groups is 1. The van der Waals surface area contributed by atoms with Gasteiger partial charge in [0.05, 0.1) is 11.0 Å². The van der Waals surface area contributed by atoms with E-state index in [0.29, 0.717) is 18.4 Å². The van der Waals surface area contributed by atoms with Crippen LogP contribution in [-0.4, -0.2) is 22.9 Å². The van der Waals surface area contributed by atoms with Crippen LogP contribution in [0.25, 0.3) is 0 Å². The van der Waals surface area contributed by atoms with E-state index in [1.54, 1.807) is 6.07 Å². The summed E-state index contributed by atoms with van der Waals surface area (Å²) in [6, 6.07) is 4.06. The summed E-state index contributed by atoms with van der Waals surface area (Å²) in [7, 11) is 0. The zero-order valence-electron chi connectivity index (χ0n) is 13.6. The molecule has 2 fully saturated rings. The Morgan fingerprint density at radius 3 is 2.67 bits per heavy atom. The Balaban J connectivity index is 1.69. The minimum atomic E-state index is -4.35. The first-order valence-electron chi connectivity index (χ1n) is 8.48. The molecule has 3 unspecified atom stereocenters. The third-order valence-electron chi connectivity index (χ3n) is 6.43. The number of hydrogen-bond acceptors (Lipinski definition) is 2. The number of benzene rings is 1. The van der Waals surface area contributed by atoms with E-state index in [4.69, 9.17) is 5.73 Å². The summed E-state index contributed by atoms with van der Waals surface area (Å²) in [4.78, 5) is 14.9. The van der Waals surface area contributed by atoms with Gasteiger partial charge in [-0.25, -0.2) is 0 Å². The zero-order valence-corrected chi connectivity index (χ0v) is 13.6. The number of nitrogens with two attached hydrogens (primary N) is 1. The van der Waals surface area contributed by atoms with Crippen molar-refractivity contribution in [3.05, 3.63) is 34.9 Å². The van der Waals surface area contributed by atoms with E-state index in [-0.39, 0.29) is 30.5 Å². The maximum atomic E-state index is 13.1. The van der Waals surface area contributed by atoms with Gasteiger partial charge in [-0.2, -0.15) is 13.2 Å². The second kappa shape index (κ2) is 4.97. The number of rotatable bonds is 0. The quantitative estimate of drug-likeness (QED) is 0.790. The van der Waals surface area contributed by atoms with Crippen LogP contribution in [0.1, 0.15) is 42.9 Å². The SMILES string of the molecule is CC1C2Cc3ccc(C(F)(F)F)cc3CN2C(=O)[C@]12CCC(N)C2. The Bertz CT molecular complexity index is 702. The molecule has 0 aromatic heterocycles. The highest BCUT2D eigenvalue weighted by Gasteiger charge is 2.59. The topological polar surface area (TPSA) is 46.3 Å². The Morgan fingerprint density at radius 1 is 1.29 bits per heavy atom. The van der Waals surface area contributed by atoms with Gasteiger partial charge < -0.3 is 10.6 Å². The Hall–Kier alpha value is -1.56. The molecule has 24 heavy (non-hydrogen) atoms. The second-order valence-electron chi connectivity index (χ2n) is 7.63. The fourth-order valence-corrected chi connectivity index (χ4v) is 5.03. The van der Waals surface area contributed by atoms with Crippen molar-refractivity contribution in [3.63, 3.8) is 0 Å². The molecule has 1 spiro atoms. The van der Waals surface area contributed by atoms with E-state index in [1.165, 1.54) is 6.07 Å². The molecule has 130 valence electrons. The number of fused-ring (bicyclic) bond motifs is 2. The predicted octanol–water partition coefficient (Wildman–Crippen LogP) is 3.11. The fraction of sp³-hybridized carbons (Fsp3) is 0.611. The predicted molar refractivity (Wildman–Crippen MR) is 82.9 cm³/mol. The van der Waals surface area contributed by atoms with Crippen molar-refractivity contribution in [1.29, 1.82) is 0 Å². The van der Waals surface area contributed by atoms with E-state index in [2.05, 4.69) is 6.92 Å². The van der Waals surface area contributed by atoms with Crippen molar-refractivity contribution < 1.29 is 18.0 Å². The van der Waals surface area contributed by atoms with E-state index in [0.717, 1.165) is 24.5 Å². The van der Waals surface area contributed by atoms with Crippen molar-refractivity contribution >= 4 is 5.91 Å². The number of carbonyl (C=O) groups excluding carboxylic acids is 1. The first-order chi connectivity index (χ1) is 11.2. The van der Waals surface area contributed by atoms with Gasteiger partial charge in [-0.15, -0.1) is 0 Å². The van der Waals surface area contributed by atoms with Crippen LogP contribution in [0.15, 0.2) is 18.2 Å². The summed E-state index contributed by atoms with van der Waals surface area (Å²) in [6.45, 7) is 2.39. The van der Waals surface area contributed by atoms with E-state index < -0.39 is 17.2 Å². The van der Waals surface area contributed by atoms with Crippen LogP contribution in [0.5, 0.6) is 0 Å².